The zero-order valence-corrected chi connectivity index (χ0v) is 10.9. The van der Waals surface area contributed by atoms with Crippen LogP contribution in [0, 0.1) is 6.92 Å². The Bertz CT molecular complexity index is 651. The largest absolute Gasteiger partial charge is 0.348 e. The van der Waals surface area contributed by atoms with Crippen LogP contribution in [0.3, 0.4) is 0 Å². The van der Waals surface area contributed by atoms with Crippen molar-refractivity contribution in [2.75, 3.05) is 0 Å². The molecule has 0 aliphatic carbocycles. The summed E-state index contributed by atoms with van der Waals surface area (Å²) in [4.78, 5) is 7.45. The molecule has 1 aromatic heterocycles. The molecular weight excluding hydrogens is 232 g/mol. The molecule has 0 amide bonds. The monoisotopic (exact) mass is 248 g/mol. The van der Waals surface area contributed by atoms with Gasteiger partial charge in [-0.05, 0) is 23.6 Å². The Morgan fingerprint density at radius 1 is 0.895 bits per heavy atom. The molecule has 0 aliphatic heterocycles. The smallest absolute Gasteiger partial charge is 0.0925 e. The van der Waals surface area contributed by atoms with E-state index in [0.29, 0.717) is 0 Å². The van der Waals surface area contributed by atoms with E-state index in [4.69, 9.17) is 0 Å². The van der Waals surface area contributed by atoms with Crippen LogP contribution in [0.4, 0.5) is 0 Å². The Balaban J connectivity index is 1.82. The number of aryl methyl sites for hydroxylation is 1. The SMILES string of the molecule is Cc1[nH]cnc1Cc1ccc(-c2ccccc2)cc1. The minimum absolute atomic E-state index is 0.879. The van der Waals surface area contributed by atoms with Crippen molar-refractivity contribution in [3.05, 3.63) is 77.9 Å². The fraction of sp³-hybridized carbons (Fsp3) is 0.118. The van der Waals surface area contributed by atoms with Crippen LogP contribution in [0.1, 0.15) is 17.0 Å². The molecule has 0 radical (unpaired) electrons. The third kappa shape index (κ3) is 2.58. The van der Waals surface area contributed by atoms with Crippen LogP contribution in [0.5, 0.6) is 0 Å². The molecule has 2 nitrogen and oxygen atoms in total. The molecule has 19 heavy (non-hydrogen) atoms. The lowest BCUT2D eigenvalue weighted by Crippen LogP contribution is -1.91. The van der Waals surface area contributed by atoms with Crippen LogP contribution in [0.25, 0.3) is 11.1 Å². The molecule has 0 fully saturated rings. The summed E-state index contributed by atoms with van der Waals surface area (Å²) in [5.74, 6) is 0. The number of H-pyrrole nitrogens is 1. The number of rotatable bonds is 3. The van der Waals surface area contributed by atoms with Gasteiger partial charge in [0.05, 0.1) is 12.0 Å². The number of benzene rings is 2. The number of aromatic amines is 1. The van der Waals surface area contributed by atoms with Crippen molar-refractivity contribution in [1.82, 2.24) is 9.97 Å². The van der Waals surface area contributed by atoms with E-state index in [2.05, 4.69) is 65.4 Å². The van der Waals surface area contributed by atoms with Gasteiger partial charge in [-0.3, -0.25) is 0 Å². The highest BCUT2D eigenvalue weighted by atomic mass is 14.9. The van der Waals surface area contributed by atoms with E-state index < -0.39 is 0 Å². The Labute approximate surface area is 113 Å². The van der Waals surface area contributed by atoms with Crippen molar-refractivity contribution in [3.8, 4) is 11.1 Å². The van der Waals surface area contributed by atoms with Crippen LogP contribution in [-0.4, -0.2) is 9.97 Å². The van der Waals surface area contributed by atoms with Crippen LogP contribution in [0.15, 0.2) is 60.9 Å². The van der Waals surface area contributed by atoms with Gasteiger partial charge < -0.3 is 4.98 Å². The van der Waals surface area contributed by atoms with E-state index in [1.165, 1.54) is 16.7 Å². The van der Waals surface area contributed by atoms with Crippen LogP contribution in [0.2, 0.25) is 0 Å². The second-order valence-electron chi connectivity index (χ2n) is 4.71. The number of hydrogen-bond acceptors (Lipinski definition) is 1. The van der Waals surface area contributed by atoms with Crippen molar-refractivity contribution < 1.29 is 0 Å². The van der Waals surface area contributed by atoms with Gasteiger partial charge in [0.2, 0.25) is 0 Å². The predicted molar refractivity (Wildman–Crippen MR) is 78.0 cm³/mol. The normalized spacial score (nSPS) is 10.6. The fourth-order valence-corrected chi connectivity index (χ4v) is 2.20. The first-order valence-corrected chi connectivity index (χ1v) is 6.46. The van der Waals surface area contributed by atoms with Gasteiger partial charge in [0, 0.05) is 12.1 Å². The fourth-order valence-electron chi connectivity index (χ4n) is 2.20. The third-order valence-corrected chi connectivity index (χ3v) is 3.37. The van der Waals surface area contributed by atoms with Crippen LogP contribution >= 0.6 is 0 Å². The van der Waals surface area contributed by atoms with E-state index in [1.807, 2.05) is 6.07 Å². The molecular formula is C17H16N2. The minimum Gasteiger partial charge on any atom is -0.348 e. The van der Waals surface area contributed by atoms with Crippen molar-refractivity contribution in [3.63, 3.8) is 0 Å². The molecule has 0 spiro atoms. The lowest BCUT2D eigenvalue weighted by Gasteiger charge is -2.04. The summed E-state index contributed by atoms with van der Waals surface area (Å²) >= 11 is 0. The maximum Gasteiger partial charge on any atom is 0.0925 e. The first kappa shape index (κ1) is 11.7. The van der Waals surface area contributed by atoms with Crippen LogP contribution < -0.4 is 0 Å². The molecule has 0 saturated carbocycles. The zero-order valence-electron chi connectivity index (χ0n) is 10.9. The van der Waals surface area contributed by atoms with Gasteiger partial charge in [-0.25, -0.2) is 4.98 Å². The highest BCUT2D eigenvalue weighted by Gasteiger charge is 2.03. The second kappa shape index (κ2) is 5.11. The number of imidazole rings is 1. The Kier molecular flexibility index (Phi) is 3.15. The molecule has 0 bridgehead atoms. The summed E-state index contributed by atoms with van der Waals surface area (Å²) < 4.78 is 0. The topological polar surface area (TPSA) is 28.7 Å². The summed E-state index contributed by atoms with van der Waals surface area (Å²) in [6.07, 6.45) is 2.63. The lowest BCUT2D eigenvalue weighted by molar-refractivity contribution is 1.08. The second-order valence-corrected chi connectivity index (χ2v) is 4.71. The molecule has 1 N–H and O–H groups in total. The number of nitrogens with zero attached hydrogens (tertiary/aromatic N) is 1. The van der Waals surface area contributed by atoms with Gasteiger partial charge >= 0.3 is 0 Å². The average molecular weight is 248 g/mol. The van der Waals surface area contributed by atoms with Crippen molar-refractivity contribution in [2.45, 2.75) is 13.3 Å². The van der Waals surface area contributed by atoms with E-state index >= 15 is 0 Å². The average Bonchev–Trinajstić information content (AvgIpc) is 2.86. The maximum atomic E-state index is 4.34. The Morgan fingerprint density at radius 2 is 1.58 bits per heavy atom. The van der Waals surface area contributed by atoms with Crippen molar-refractivity contribution in [1.29, 1.82) is 0 Å². The Morgan fingerprint density at radius 3 is 2.21 bits per heavy atom. The third-order valence-electron chi connectivity index (χ3n) is 3.37. The molecule has 0 saturated heterocycles. The van der Waals surface area contributed by atoms with Gasteiger partial charge in [-0.1, -0.05) is 54.6 Å². The van der Waals surface area contributed by atoms with Gasteiger partial charge in [0.25, 0.3) is 0 Å². The molecule has 3 aromatic rings. The highest BCUT2D eigenvalue weighted by molar-refractivity contribution is 5.63. The summed E-state index contributed by atoms with van der Waals surface area (Å²) in [6.45, 7) is 2.06. The van der Waals surface area contributed by atoms with E-state index in [-0.39, 0.29) is 0 Å². The summed E-state index contributed by atoms with van der Waals surface area (Å²) in [5, 5.41) is 0. The maximum absolute atomic E-state index is 4.34. The molecule has 0 atom stereocenters. The quantitative estimate of drug-likeness (QED) is 0.746. The molecule has 3 rings (SSSR count). The van der Waals surface area contributed by atoms with Gasteiger partial charge in [-0.15, -0.1) is 0 Å². The Hall–Kier alpha value is -2.35. The number of hydrogen-bond donors (Lipinski definition) is 1. The molecule has 0 aliphatic rings. The molecule has 2 aromatic carbocycles. The van der Waals surface area contributed by atoms with Crippen LogP contribution in [-0.2, 0) is 6.42 Å². The predicted octanol–water partition coefficient (Wildman–Crippen LogP) is 3.98. The van der Waals surface area contributed by atoms with Gasteiger partial charge in [-0.2, -0.15) is 0 Å². The van der Waals surface area contributed by atoms with E-state index in [1.54, 1.807) is 6.33 Å². The lowest BCUT2D eigenvalue weighted by atomic mass is 10.0. The van der Waals surface area contributed by atoms with E-state index in [9.17, 15) is 0 Å². The summed E-state index contributed by atoms with van der Waals surface area (Å²) in [6, 6.07) is 19.1. The highest BCUT2D eigenvalue weighted by Crippen LogP contribution is 2.20. The number of nitrogens with one attached hydrogen (secondary N) is 1. The summed E-state index contributed by atoms with van der Waals surface area (Å²) in [5.41, 5.74) is 6.06. The zero-order chi connectivity index (χ0) is 13.1. The first-order valence-electron chi connectivity index (χ1n) is 6.46. The summed E-state index contributed by atoms with van der Waals surface area (Å²) in [7, 11) is 0. The molecule has 1 heterocycles. The van der Waals surface area contributed by atoms with Crippen molar-refractivity contribution in [2.24, 2.45) is 0 Å². The number of aromatic nitrogens is 2. The van der Waals surface area contributed by atoms with Gasteiger partial charge in [0.15, 0.2) is 0 Å². The van der Waals surface area contributed by atoms with Crippen molar-refractivity contribution >= 4 is 0 Å². The standard InChI is InChI=1S/C17H16N2/c1-13-17(19-12-18-13)11-14-7-9-16(10-8-14)15-5-3-2-4-6-15/h2-10,12H,11H2,1H3,(H,18,19). The molecule has 2 heteroatoms. The molecule has 94 valence electrons. The van der Waals surface area contributed by atoms with Gasteiger partial charge in [0.1, 0.15) is 0 Å². The van der Waals surface area contributed by atoms with E-state index in [0.717, 1.165) is 17.8 Å². The first-order chi connectivity index (χ1) is 9.33. The molecule has 0 unspecified atom stereocenters. The minimum atomic E-state index is 0.879.